The molecule has 0 spiro atoms. The fourth-order valence-corrected chi connectivity index (χ4v) is 1.98. The average molecular weight is 247 g/mol. The summed E-state index contributed by atoms with van der Waals surface area (Å²) in [5, 5.41) is 9.31. The largest absolute Gasteiger partial charge is 0.478 e. The number of aromatic carboxylic acids is 1. The molecule has 0 bridgehead atoms. The summed E-state index contributed by atoms with van der Waals surface area (Å²) in [4.78, 5) is 10.8. The number of hydrogen-bond donors (Lipinski definition) is 1. The number of rotatable bonds is 2. The van der Waals surface area contributed by atoms with E-state index in [2.05, 4.69) is 0 Å². The number of aryl methyl sites for hydroxylation is 1. The Morgan fingerprint density at radius 3 is 2.53 bits per heavy atom. The number of benzene rings is 2. The van der Waals surface area contributed by atoms with Gasteiger partial charge in [-0.3, -0.25) is 0 Å². The second-order valence-electron chi connectivity index (χ2n) is 3.87. The third-order valence-corrected chi connectivity index (χ3v) is 2.86. The molecule has 0 fully saturated rings. The number of carboxylic acid groups (broad SMARTS) is 1. The molecule has 86 valence electrons. The first-order valence-electron chi connectivity index (χ1n) is 5.18. The maximum atomic E-state index is 10.8. The Labute approximate surface area is 104 Å². The molecule has 0 heterocycles. The van der Waals surface area contributed by atoms with Gasteiger partial charge in [0.25, 0.3) is 0 Å². The van der Waals surface area contributed by atoms with E-state index in [9.17, 15) is 4.79 Å². The summed E-state index contributed by atoms with van der Waals surface area (Å²) in [7, 11) is 0. The van der Waals surface area contributed by atoms with Crippen LogP contribution >= 0.6 is 11.6 Å². The van der Waals surface area contributed by atoms with E-state index >= 15 is 0 Å². The van der Waals surface area contributed by atoms with E-state index in [1.165, 1.54) is 6.07 Å². The first-order chi connectivity index (χ1) is 8.08. The molecule has 0 amide bonds. The maximum absolute atomic E-state index is 10.8. The van der Waals surface area contributed by atoms with Crippen molar-refractivity contribution in [3.8, 4) is 11.1 Å². The second-order valence-corrected chi connectivity index (χ2v) is 4.28. The summed E-state index contributed by atoms with van der Waals surface area (Å²) in [6.07, 6.45) is 0. The van der Waals surface area contributed by atoms with E-state index in [-0.39, 0.29) is 5.56 Å². The zero-order valence-electron chi connectivity index (χ0n) is 9.27. The normalized spacial score (nSPS) is 10.2. The van der Waals surface area contributed by atoms with Gasteiger partial charge in [0, 0.05) is 10.6 Å². The van der Waals surface area contributed by atoms with Crippen molar-refractivity contribution in [2.45, 2.75) is 6.92 Å². The van der Waals surface area contributed by atoms with Crippen molar-refractivity contribution in [2.75, 3.05) is 0 Å². The molecule has 0 aliphatic rings. The van der Waals surface area contributed by atoms with Gasteiger partial charge in [0.2, 0.25) is 0 Å². The molecule has 0 unspecified atom stereocenters. The Kier molecular flexibility index (Phi) is 3.16. The number of carboxylic acids is 1. The molecular formula is C14H11ClO2. The van der Waals surface area contributed by atoms with E-state index < -0.39 is 5.97 Å². The van der Waals surface area contributed by atoms with Crippen LogP contribution in [-0.2, 0) is 0 Å². The van der Waals surface area contributed by atoms with Crippen LogP contribution in [0, 0.1) is 6.92 Å². The van der Waals surface area contributed by atoms with Crippen molar-refractivity contribution in [3.05, 3.63) is 58.6 Å². The lowest BCUT2D eigenvalue weighted by Gasteiger charge is -2.06. The zero-order valence-corrected chi connectivity index (χ0v) is 10.0. The quantitative estimate of drug-likeness (QED) is 0.869. The van der Waals surface area contributed by atoms with Gasteiger partial charge in [0.1, 0.15) is 0 Å². The minimum atomic E-state index is -0.970. The number of halogens is 1. The minimum absolute atomic E-state index is 0.200. The van der Waals surface area contributed by atoms with Crippen molar-refractivity contribution in [2.24, 2.45) is 0 Å². The van der Waals surface area contributed by atoms with Gasteiger partial charge < -0.3 is 5.11 Å². The number of carbonyl (C=O) groups is 1. The molecule has 0 saturated carbocycles. The minimum Gasteiger partial charge on any atom is -0.478 e. The van der Waals surface area contributed by atoms with Crippen LogP contribution in [-0.4, -0.2) is 11.1 Å². The van der Waals surface area contributed by atoms with Gasteiger partial charge in [-0.2, -0.15) is 0 Å². The first kappa shape index (κ1) is 11.7. The molecule has 17 heavy (non-hydrogen) atoms. The highest BCUT2D eigenvalue weighted by molar-refractivity contribution is 6.33. The third kappa shape index (κ3) is 2.48. The lowest BCUT2D eigenvalue weighted by molar-refractivity contribution is 0.0697. The molecule has 0 aromatic heterocycles. The van der Waals surface area contributed by atoms with Gasteiger partial charge in [-0.25, -0.2) is 4.79 Å². The first-order valence-corrected chi connectivity index (χ1v) is 5.55. The van der Waals surface area contributed by atoms with E-state index in [0.29, 0.717) is 5.02 Å². The zero-order chi connectivity index (χ0) is 12.4. The molecule has 2 aromatic carbocycles. The monoisotopic (exact) mass is 246 g/mol. The molecule has 1 N–H and O–H groups in total. The van der Waals surface area contributed by atoms with Crippen LogP contribution in [0.3, 0.4) is 0 Å². The highest BCUT2D eigenvalue weighted by Crippen LogP contribution is 2.29. The Bertz CT molecular complexity index is 576. The molecule has 0 radical (unpaired) electrons. The molecule has 0 saturated heterocycles. The predicted molar refractivity (Wildman–Crippen MR) is 68.6 cm³/mol. The molecule has 2 nitrogen and oxygen atoms in total. The van der Waals surface area contributed by atoms with Gasteiger partial charge in [0.15, 0.2) is 0 Å². The molecule has 2 rings (SSSR count). The lowest BCUT2D eigenvalue weighted by Crippen LogP contribution is -1.95. The highest BCUT2D eigenvalue weighted by atomic mass is 35.5. The fourth-order valence-electron chi connectivity index (χ4n) is 1.69. The van der Waals surface area contributed by atoms with E-state index in [4.69, 9.17) is 16.7 Å². The summed E-state index contributed by atoms with van der Waals surface area (Å²) in [6.45, 7) is 2.00. The van der Waals surface area contributed by atoms with Crippen molar-refractivity contribution in [3.63, 3.8) is 0 Å². The Morgan fingerprint density at radius 1 is 1.18 bits per heavy atom. The van der Waals surface area contributed by atoms with Crippen LogP contribution in [0.4, 0.5) is 0 Å². The standard InChI is InChI=1S/C14H11ClO2/c1-9-3-2-4-10(7-9)12-6-5-11(14(16)17)8-13(12)15/h2-8H,1H3,(H,16,17). The van der Waals surface area contributed by atoms with Gasteiger partial charge in [0.05, 0.1) is 5.56 Å². The molecule has 0 aliphatic heterocycles. The Balaban J connectivity index is 2.50. The summed E-state index contributed by atoms with van der Waals surface area (Å²) in [5.74, 6) is -0.970. The second kappa shape index (κ2) is 4.60. The summed E-state index contributed by atoms with van der Waals surface area (Å²) < 4.78 is 0. The number of hydrogen-bond acceptors (Lipinski definition) is 1. The van der Waals surface area contributed by atoms with Crippen LogP contribution in [0.2, 0.25) is 5.02 Å². The van der Waals surface area contributed by atoms with Crippen molar-refractivity contribution >= 4 is 17.6 Å². The molecule has 0 atom stereocenters. The summed E-state index contributed by atoms with van der Waals surface area (Å²) >= 11 is 6.10. The molecule has 2 aromatic rings. The van der Waals surface area contributed by atoms with E-state index in [1.54, 1.807) is 12.1 Å². The predicted octanol–water partition coefficient (Wildman–Crippen LogP) is 4.01. The Morgan fingerprint density at radius 2 is 1.94 bits per heavy atom. The van der Waals surface area contributed by atoms with Gasteiger partial charge in [-0.05, 0) is 24.6 Å². The SMILES string of the molecule is Cc1cccc(-c2ccc(C(=O)O)cc2Cl)c1. The van der Waals surface area contributed by atoms with Crippen molar-refractivity contribution in [1.82, 2.24) is 0 Å². The van der Waals surface area contributed by atoms with Crippen molar-refractivity contribution in [1.29, 1.82) is 0 Å². The Hall–Kier alpha value is -1.80. The molecule has 0 aliphatic carbocycles. The van der Waals surface area contributed by atoms with E-state index in [0.717, 1.165) is 16.7 Å². The fraction of sp³-hybridized carbons (Fsp3) is 0.0714. The van der Waals surface area contributed by atoms with E-state index in [1.807, 2.05) is 31.2 Å². The van der Waals surface area contributed by atoms with Gasteiger partial charge in [-0.1, -0.05) is 47.5 Å². The topological polar surface area (TPSA) is 37.3 Å². The van der Waals surface area contributed by atoms with Crippen LogP contribution < -0.4 is 0 Å². The highest BCUT2D eigenvalue weighted by Gasteiger charge is 2.08. The molecular weight excluding hydrogens is 236 g/mol. The maximum Gasteiger partial charge on any atom is 0.335 e. The average Bonchev–Trinajstić information content (AvgIpc) is 2.28. The summed E-state index contributed by atoms with van der Waals surface area (Å²) in [5.41, 5.74) is 3.18. The smallest absolute Gasteiger partial charge is 0.335 e. The van der Waals surface area contributed by atoms with Crippen molar-refractivity contribution < 1.29 is 9.90 Å². The third-order valence-electron chi connectivity index (χ3n) is 2.55. The van der Waals surface area contributed by atoms with Crippen LogP contribution in [0.15, 0.2) is 42.5 Å². The van der Waals surface area contributed by atoms with Crippen LogP contribution in [0.25, 0.3) is 11.1 Å². The van der Waals surface area contributed by atoms with Gasteiger partial charge >= 0.3 is 5.97 Å². The lowest BCUT2D eigenvalue weighted by atomic mass is 10.0. The van der Waals surface area contributed by atoms with Crippen LogP contribution in [0.5, 0.6) is 0 Å². The van der Waals surface area contributed by atoms with Crippen LogP contribution in [0.1, 0.15) is 15.9 Å². The molecule has 3 heteroatoms. The summed E-state index contributed by atoms with van der Waals surface area (Å²) in [6, 6.07) is 12.7. The van der Waals surface area contributed by atoms with Gasteiger partial charge in [-0.15, -0.1) is 0 Å².